The Bertz CT molecular complexity index is 1620. The normalized spacial score (nSPS) is 18.2. The molecule has 0 radical (unpaired) electrons. The maximum Gasteiger partial charge on any atom is 0.416 e. The predicted molar refractivity (Wildman–Crippen MR) is 146 cm³/mol. The summed E-state index contributed by atoms with van der Waals surface area (Å²) in [7, 11) is -3.81. The van der Waals surface area contributed by atoms with Gasteiger partial charge in [-0.1, -0.05) is 12.1 Å². The monoisotopic (exact) mass is 593 g/mol. The Hall–Kier alpha value is -3.20. The number of aliphatic imine (C=N–C) groups is 1. The van der Waals surface area contributed by atoms with Crippen LogP contribution < -0.4 is 0 Å². The van der Waals surface area contributed by atoms with Crippen LogP contribution in [0.1, 0.15) is 16.7 Å². The van der Waals surface area contributed by atoms with E-state index in [1.807, 2.05) is 0 Å². The first kappa shape index (κ1) is 28.3. The molecule has 1 fully saturated rings. The highest BCUT2D eigenvalue weighted by Crippen LogP contribution is 2.35. The van der Waals surface area contributed by atoms with Gasteiger partial charge < -0.3 is 10.0 Å². The van der Waals surface area contributed by atoms with Crippen LogP contribution in [0.4, 0.5) is 13.2 Å². The lowest BCUT2D eigenvalue weighted by molar-refractivity contribution is -0.138. The number of rotatable bonds is 6. The lowest BCUT2D eigenvalue weighted by Crippen LogP contribution is -2.48. The van der Waals surface area contributed by atoms with E-state index in [4.69, 9.17) is 5.11 Å². The number of aliphatic hydroxyl groups excluding tert-OH is 1. The summed E-state index contributed by atoms with van der Waals surface area (Å²) in [5.74, 6) is -0.328. The molecule has 3 heterocycles. The van der Waals surface area contributed by atoms with E-state index in [1.165, 1.54) is 28.7 Å². The molecule has 0 spiro atoms. The molecule has 1 saturated heterocycles. The van der Waals surface area contributed by atoms with Gasteiger partial charge in [-0.15, -0.1) is 0 Å². The zero-order valence-corrected chi connectivity index (χ0v) is 23.1. The minimum atomic E-state index is -4.74. The maximum absolute atomic E-state index is 13.7. The minimum Gasteiger partial charge on any atom is -0.395 e. The van der Waals surface area contributed by atoms with Crippen LogP contribution >= 0.6 is 11.8 Å². The molecule has 9 nitrogen and oxygen atoms in total. The fourth-order valence-corrected chi connectivity index (χ4v) is 6.27. The summed E-state index contributed by atoms with van der Waals surface area (Å²) in [4.78, 5) is 21.1. The fourth-order valence-electron chi connectivity index (χ4n) is 4.66. The molecule has 0 saturated carbocycles. The third-order valence-corrected chi connectivity index (χ3v) is 8.92. The highest BCUT2D eigenvalue weighted by atomic mass is 32.2. The van der Waals surface area contributed by atoms with Gasteiger partial charge >= 0.3 is 6.18 Å². The quantitative estimate of drug-likeness (QED) is 0.435. The van der Waals surface area contributed by atoms with Crippen LogP contribution in [0.25, 0.3) is 17.0 Å². The number of halogens is 3. The van der Waals surface area contributed by atoms with E-state index < -0.39 is 26.5 Å². The Morgan fingerprint density at radius 3 is 2.52 bits per heavy atom. The Morgan fingerprint density at radius 1 is 1.10 bits per heavy atom. The average molecular weight is 594 g/mol. The third-order valence-electron chi connectivity index (χ3n) is 6.77. The number of nitrogens with zero attached hydrogens (tertiary/aromatic N) is 5. The van der Waals surface area contributed by atoms with Crippen molar-refractivity contribution in [3.05, 3.63) is 64.2 Å². The largest absolute Gasteiger partial charge is 0.416 e. The summed E-state index contributed by atoms with van der Waals surface area (Å²) in [6, 6.07) is 8.25. The molecular formula is C26H26F3N5O4S2. The number of hydrogen-bond donors (Lipinski definition) is 1. The van der Waals surface area contributed by atoms with E-state index in [0.717, 1.165) is 31.0 Å². The summed E-state index contributed by atoms with van der Waals surface area (Å²) < 4.78 is 66.3. The minimum absolute atomic E-state index is 0.106. The van der Waals surface area contributed by atoms with Gasteiger partial charge in [0.1, 0.15) is 0 Å². The van der Waals surface area contributed by atoms with E-state index in [9.17, 15) is 26.4 Å². The second-order valence-electron chi connectivity index (χ2n) is 9.57. The molecule has 1 N–H and O–H groups in total. The molecule has 0 aliphatic carbocycles. The molecule has 3 aromatic rings. The summed E-state index contributed by atoms with van der Waals surface area (Å²) >= 11 is 1.30. The number of amides is 1. The number of aromatic nitrogens is 2. The first-order chi connectivity index (χ1) is 18.9. The van der Waals surface area contributed by atoms with Crippen molar-refractivity contribution in [1.29, 1.82) is 0 Å². The van der Waals surface area contributed by atoms with Crippen LogP contribution in [0.15, 0.2) is 57.4 Å². The van der Waals surface area contributed by atoms with Gasteiger partial charge in [0.15, 0.2) is 15.0 Å². The SMILES string of the molecule is CS(=O)(=O)c1ccc(Cn2ncc3cc(C=C4SC(N5CCN(CCO)CC5)=NC4=O)ccc32)c(C(F)(F)F)c1. The van der Waals surface area contributed by atoms with Gasteiger partial charge in [0.2, 0.25) is 0 Å². The van der Waals surface area contributed by atoms with Crippen LogP contribution in [0, 0.1) is 0 Å². The molecule has 2 aliphatic rings. The second kappa shape index (κ2) is 11.0. The number of fused-ring (bicyclic) bond motifs is 1. The van der Waals surface area contributed by atoms with Crippen molar-refractivity contribution in [3.8, 4) is 0 Å². The molecule has 2 aromatic carbocycles. The van der Waals surface area contributed by atoms with Gasteiger partial charge in [0.25, 0.3) is 5.91 Å². The number of piperazine rings is 1. The highest BCUT2D eigenvalue weighted by molar-refractivity contribution is 8.18. The van der Waals surface area contributed by atoms with E-state index in [0.29, 0.717) is 46.7 Å². The van der Waals surface area contributed by atoms with Crippen molar-refractivity contribution in [1.82, 2.24) is 19.6 Å². The van der Waals surface area contributed by atoms with Crippen LogP contribution in [0.5, 0.6) is 0 Å². The zero-order valence-electron chi connectivity index (χ0n) is 21.4. The molecule has 212 valence electrons. The number of carbonyl (C=O) groups excluding carboxylic acids is 1. The Balaban J connectivity index is 1.33. The van der Waals surface area contributed by atoms with Crippen molar-refractivity contribution in [2.45, 2.75) is 17.6 Å². The predicted octanol–water partition coefficient (Wildman–Crippen LogP) is 3.09. The van der Waals surface area contributed by atoms with Crippen LogP contribution in [-0.4, -0.2) is 89.8 Å². The summed E-state index contributed by atoms with van der Waals surface area (Å²) in [6.45, 7) is 3.50. The van der Waals surface area contributed by atoms with Crippen molar-refractivity contribution < 1.29 is 31.5 Å². The maximum atomic E-state index is 13.7. The molecule has 0 unspecified atom stereocenters. The molecule has 40 heavy (non-hydrogen) atoms. The number of amidine groups is 1. The summed E-state index contributed by atoms with van der Waals surface area (Å²) in [6.07, 6.45) is -0.611. The van der Waals surface area contributed by atoms with Crippen molar-refractivity contribution in [2.75, 3.05) is 45.6 Å². The van der Waals surface area contributed by atoms with E-state index >= 15 is 0 Å². The van der Waals surface area contributed by atoms with E-state index in [2.05, 4.69) is 19.9 Å². The van der Waals surface area contributed by atoms with Gasteiger partial charge in [-0.05, 0) is 53.2 Å². The Morgan fingerprint density at radius 2 is 1.85 bits per heavy atom. The number of benzene rings is 2. The van der Waals surface area contributed by atoms with Gasteiger partial charge in [-0.2, -0.15) is 23.3 Å². The topological polar surface area (TPSA) is 108 Å². The highest BCUT2D eigenvalue weighted by Gasteiger charge is 2.34. The Kier molecular flexibility index (Phi) is 7.79. The van der Waals surface area contributed by atoms with Crippen molar-refractivity contribution in [2.24, 2.45) is 4.99 Å². The molecule has 0 bridgehead atoms. The van der Waals surface area contributed by atoms with E-state index in [-0.39, 0.29) is 24.6 Å². The van der Waals surface area contributed by atoms with Crippen LogP contribution in [0.3, 0.4) is 0 Å². The Labute approximate surface area is 232 Å². The number of aliphatic hydroxyl groups is 1. The van der Waals surface area contributed by atoms with Crippen LogP contribution in [0.2, 0.25) is 0 Å². The summed E-state index contributed by atoms with van der Waals surface area (Å²) in [5, 5.41) is 14.7. The first-order valence-electron chi connectivity index (χ1n) is 12.4. The zero-order chi connectivity index (χ0) is 28.7. The lowest BCUT2D eigenvalue weighted by atomic mass is 10.1. The molecule has 5 rings (SSSR count). The standard InChI is InChI=1S/C26H26F3N5O4S2/c1-40(37,38)20-4-3-18(21(14-20)26(27,28)29)16-34-22-5-2-17(12-19(22)15-30-34)13-23-24(36)31-25(39-23)33-8-6-32(7-9-33)10-11-35/h2-5,12-15,35H,6-11,16H2,1H3. The number of sulfone groups is 1. The number of thioether (sulfide) groups is 1. The van der Waals surface area contributed by atoms with Crippen LogP contribution in [-0.2, 0) is 27.4 Å². The second-order valence-corrected chi connectivity index (χ2v) is 12.6. The van der Waals surface area contributed by atoms with E-state index in [1.54, 1.807) is 24.3 Å². The molecule has 1 aromatic heterocycles. The van der Waals surface area contributed by atoms with Gasteiger partial charge in [0, 0.05) is 44.4 Å². The average Bonchev–Trinajstić information content (AvgIpc) is 3.46. The first-order valence-corrected chi connectivity index (χ1v) is 15.1. The summed E-state index contributed by atoms with van der Waals surface area (Å²) in [5.41, 5.74) is 0.180. The van der Waals surface area contributed by atoms with Gasteiger partial charge in [-0.3, -0.25) is 14.4 Å². The molecule has 2 aliphatic heterocycles. The van der Waals surface area contributed by atoms with Crippen molar-refractivity contribution in [3.63, 3.8) is 0 Å². The van der Waals surface area contributed by atoms with Gasteiger partial charge in [0.05, 0.1) is 40.2 Å². The fraction of sp³-hybridized carbons (Fsp3) is 0.346. The molecular weight excluding hydrogens is 567 g/mol. The molecule has 0 atom stereocenters. The number of β-amino-alcohol motifs (C(OH)–C–C–N with tert-alkyl or cyclic N) is 1. The van der Waals surface area contributed by atoms with Crippen molar-refractivity contribution >= 4 is 49.7 Å². The smallest absolute Gasteiger partial charge is 0.395 e. The molecule has 1 amide bonds. The number of hydrogen-bond acceptors (Lipinski definition) is 8. The van der Waals surface area contributed by atoms with Gasteiger partial charge in [-0.25, -0.2) is 8.42 Å². The lowest BCUT2D eigenvalue weighted by Gasteiger charge is -2.34. The molecule has 14 heteroatoms. The number of alkyl halides is 3. The number of carbonyl (C=O) groups is 1. The third kappa shape index (κ3) is 6.09.